The minimum Gasteiger partial charge on any atom is -0.492 e. The molecule has 2 heterocycles. The number of carboxylic acids is 1. The molecule has 5 rings (SSSR count). The number of nitrogens with one attached hydrogen (secondary N) is 1. The summed E-state index contributed by atoms with van der Waals surface area (Å²) in [6, 6.07) is 6.63. The van der Waals surface area contributed by atoms with E-state index in [1.54, 1.807) is 12.1 Å². The van der Waals surface area contributed by atoms with Gasteiger partial charge in [-0.3, -0.25) is 9.62 Å². The third kappa shape index (κ3) is 4.35. The Hall–Kier alpha value is -2.91. The van der Waals surface area contributed by atoms with Gasteiger partial charge in [0.1, 0.15) is 17.1 Å². The number of nitrogens with zero attached hydrogens (tertiary/aromatic N) is 1. The monoisotopic (exact) mass is 472 g/mol. The number of aromatic carboxylic acids is 1. The van der Waals surface area contributed by atoms with E-state index in [-0.39, 0.29) is 33.4 Å². The second-order valence-corrected chi connectivity index (χ2v) is 10.5. The van der Waals surface area contributed by atoms with E-state index in [0.717, 1.165) is 50.0 Å². The molecule has 2 aliphatic heterocycles. The zero-order valence-electron chi connectivity index (χ0n) is 18.0. The van der Waals surface area contributed by atoms with Crippen LogP contribution in [0.4, 0.5) is 10.1 Å². The molecule has 0 aromatic heterocycles. The van der Waals surface area contributed by atoms with Crippen LogP contribution in [-0.2, 0) is 10.0 Å². The Kier molecular flexibility index (Phi) is 5.62. The van der Waals surface area contributed by atoms with Crippen LogP contribution in [0.25, 0.3) is 6.08 Å². The Labute approximate surface area is 191 Å². The van der Waals surface area contributed by atoms with Crippen LogP contribution in [-0.4, -0.2) is 50.6 Å². The second kappa shape index (κ2) is 8.46. The van der Waals surface area contributed by atoms with E-state index in [2.05, 4.69) is 9.62 Å². The molecule has 2 N–H and O–H groups in total. The van der Waals surface area contributed by atoms with Gasteiger partial charge < -0.3 is 9.84 Å². The van der Waals surface area contributed by atoms with Gasteiger partial charge in [0.2, 0.25) is 0 Å². The van der Waals surface area contributed by atoms with Gasteiger partial charge in [0.05, 0.1) is 17.2 Å². The van der Waals surface area contributed by atoms with E-state index in [9.17, 15) is 22.7 Å². The van der Waals surface area contributed by atoms with Crippen molar-refractivity contribution in [1.29, 1.82) is 0 Å². The lowest BCUT2D eigenvalue weighted by atomic mass is 10.0. The van der Waals surface area contributed by atoms with Crippen molar-refractivity contribution in [3.05, 3.63) is 58.9 Å². The summed E-state index contributed by atoms with van der Waals surface area (Å²) in [5.41, 5.74) is 0.735. The number of ether oxygens (including phenoxy) is 1. The van der Waals surface area contributed by atoms with E-state index in [4.69, 9.17) is 4.74 Å². The summed E-state index contributed by atoms with van der Waals surface area (Å²) in [6.07, 6.45) is 6.63. The third-order valence-corrected chi connectivity index (χ3v) is 7.97. The van der Waals surface area contributed by atoms with Crippen LogP contribution >= 0.6 is 0 Å². The molecule has 2 unspecified atom stereocenters. The van der Waals surface area contributed by atoms with Crippen molar-refractivity contribution in [2.45, 2.75) is 30.1 Å². The average Bonchev–Trinajstić information content (AvgIpc) is 3.38. The number of fused-ring (bicyclic) bond motifs is 3. The van der Waals surface area contributed by atoms with Crippen molar-refractivity contribution in [2.75, 3.05) is 31.0 Å². The van der Waals surface area contributed by atoms with Crippen molar-refractivity contribution in [3.8, 4) is 5.75 Å². The predicted molar refractivity (Wildman–Crippen MR) is 122 cm³/mol. The van der Waals surface area contributed by atoms with Crippen LogP contribution in [0.1, 0.15) is 46.7 Å². The molecule has 1 aliphatic carbocycles. The number of benzene rings is 2. The van der Waals surface area contributed by atoms with Crippen LogP contribution < -0.4 is 9.46 Å². The summed E-state index contributed by atoms with van der Waals surface area (Å²) in [7, 11) is -4.20. The van der Waals surface area contributed by atoms with E-state index in [0.29, 0.717) is 19.1 Å². The Balaban J connectivity index is 1.46. The van der Waals surface area contributed by atoms with Gasteiger partial charge in [-0.05, 0) is 73.7 Å². The molecule has 0 amide bonds. The number of halogens is 1. The number of hydrogen-bond acceptors (Lipinski definition) is 5. The van der Waals surface area contributed by atoms with Crippen LogP contribution in [0.15, 0.2) is 41.3 Å². The first-order chi connectivity index (χ1) is 15.8. The highest BCUT2D eigenvalue weighted by Crippen LogP contribution is 2.55. The quantitative estimate of drug-likeness (QED) is 0.634. The number of carboxylic acid groups (broad SMARTS) is 1. The Morgan fingerprint density at radius 3 is 2.79 bits per heavy atom. The number of anilines is 1. The summed E-state index contributed by atoms with van der Waals surface area (Å²) in [5, 5.41) is 9.82. The van der Waals surface area contributed by atoms with Crippen LogP contribution in [0.3, 0.4) is 0 Å². The molecular weight excluding hydrogens is 447 g/mol. The number of rotatable bonds is 7. The second-order valence-electron chi connectivity index (χ2n) is 8.82. The molecule has 2 fully saturated rings. The molecule has 0 radical (unpaired) electrons. The average molecular weight is 473 g/mol. The van der Waals surface area contributed by atoms with Gasteiger partial charge in [0.25, 0.3) is 10.0 Å². The minimum atomic E-state index is -4.20. The zero-order chi connectivity index (χ0) is 23.2. The fourth-order valence-electron chi connectivity index (χ4n) is 4.73. The van der Waals surface area contributed by atoms with Gasteiger partial charge >= 0.3 is 5.97 Å². The zero-order valence-corrected chi connectivity index (χ0v) is 18.8. The fraction of sp³-hybridized carbons (Fsp3) is 0.375. The maximum Gasteiger partial charge on any atom is 0.341 e. The van der Waals surface area contributed by atoms with Gasteiger partial charge in [-0.2, -0.15) is 0 Å². The number of carbonyl (C=O) groups is 1. The molecule has 2 atom stereocenters. The molecule has 7 nitrogen and oxygen atoms in total. The number of likely N-dealkylation sites (tertiary alicyclic amines) is 1. The topological polar surface area (TPSA) is 95.9 Å². The molecule has 2 aromatic rings. The molecule has 1 saturated carbocycles. The maximum atomic E-state index is 13.9. The SMILES string of the molecule is O=C(O)c1c(NS(=O)(=O)c2ccc(F)cc2C=CCN2CCCC2)ccc2c1OCC1CC21. The molecule has 9 heteroatoms. The molecule has 3 aliphatic rings. The highest BCUT2D eigenvalue weighted by atomic mass is 32.2. The van der Waals surface area contributed by atoms with E-state index < -0.39 is 21.8 Å². The lowest BCUT2D eigenvalue weighted by molar-refractivity contribution is 0.0692. The van der Waals surface area contributed by atoms with E-state index in [1.165, 1.54) is 12.1 Å². The lowest BCUT2D eigenvalue weighted by Crippen LogP contribution is -2.20. The lowest BCUT2D eigenvalue weighted by Gasteiger charge is -2.21. The Morgan fingerprint density at radius 1 is 1.24 bits per heavy atom. The van der Waals surface area contributed by atoms with Gasteiger partial charge in [-0.25, -0.2) is 17.6 Å². The first-order valence-corrected chi connectivity index (χ1v) is 12.6. The highest BCUT2D eigenvalue weighted by molar-refractivity contribution is 7.92. The van der Waals surface area contributed by atoms with Gasteiger partial charge in [0, 0.05) is 12.5 Å². The van der Waals surface area contributed by atoms with Gasteiger partial charge in [-0.15, -0.1) is 0 Å². The molecule has 33 heavy (non-hydrogen) atoms. The van der Waals surface area contributed by atoms with Crippen LogP contribution in [0.5, 0.6) is 5.75 Å². The smallest absolute Gasteiger partial charge is 0.341 e. The third-order valence-electron chi connectivity index (χ3n) is 6.53. The summed E-state index contributed by atoms with van der Waals surface area (Å²) in [6.45, 7) is 3.05. The van der Waals surface area contributed by atoms with Gasteiger partial charge in [0.15, 0.2) is 0 Å². The normalized spacial score (nSPS) is 22.0. The van der Waals surface area contributed by atoms with E-state index in [1.807, 2.05) is 6.08 Å². The largest absolute Gasteiger partial charge is 0.492 e. The molecule has 1 saturated heterocycles. The highest BCUT2D eigenvalue weighted by Gasteiger charge is 2.45. The van der Waals surface area contributed by atoms with Crippen LogP contribution in [0, 0.1) is 11.7 Å². The number of hydrogen-bond donors (Lipinski definition) is 2. The molecule has 0 spiro atoms. The van der Waals surface area contributed by atoms with Gasteiger partial charge in [-0.1, -0.05) is 18.2 Å². The Morgan fingerprint density at radius 2 is 2.03 bits per heavy atom. The Bertz CT molecular complexity index is 1240. The van der Waals surface area contributed by atoms with Crippen molar-refractivity contribution < 1.29 is 27.4 Å². The number of sulfonamides is 1. The maximum absolute atomic E-state index is 13.9. The van der Waals surface area contributed by atoms with E-state index >= 15 is 0 Å². The molecule has 2 aromatic carbocycles. The van der Waals surface area contributed by atoms with Crippen molar-refractivity contribution >= 4 is 27.8 Å². The summed E-state index contributed by atoms with van der Waals surface area (Å²) >= 11 is 0. The minimum absolute atomic E-state index is 0.0725. The van der Waals surface area contributed by atoms with Crippen molar-refractivity contribution in [2.24, 2.45) is 5.92 Å². The van der Waals surface area contributed by atoms with Crippen molar-refractivity contribution in [3.63, 3.8) is 0 Å². The predicted octanol–water partition coefficient (Wildman–Crippen LogP) is 3.93. The first-order valence-electron chi connectivity index (χ1n) is 11.1. The first kappa shape index (κ1) is 21.9. The molecular formula is C24H25FN2O5S. The fourth-order valence-corrected chi connectivity index (χ4v) is 5.99. The standard InChI is InChI=1S/C24H25FN2O5S/c25-17-5-8-21(15(12-17)4-3-11-27-9-1-2-10-27)33(30,31)26-20-7-6-18-19-13-16(19)14-32-23(18)22(20)24(28)29/h3-8,12,16,19,26H,1-2,9-11,13-14H2,(H,28,29). The molecule has 174 valence electrons. The van der Waals surface area contributed by atoms with Crippen molar-refractivity contribution in [1.82, 2.24) is 4.90 Å². The summed E-state index contributed by atoms with van der Waals surface area (Å²) < 4.78 is 48.5. The molecule has 0 bridgehead atoms. The summed E-state index contributed by atoms with van der Waals surface area (Å²) in [5.74, 6) is -0.931. The summed E-state index contributed by atoms with van der Waals surface area (Å²) in [4.78, 5) is 14.1. The van der Waals surface area contributed by atoms with Crippen LogP contribution in [0.2, 0.25) is 0 Å².